The number of rotatable bonds is 3. The van der Waals surface area contributed by atoms with Crippen LogP contribution in [0.4, 0.5) is 0 Å². The van der Waals surface area contributed by atoms with Crippen molar-refractivity contribution in [1.82, 2.24) is 0 Å². The Hall–Kier alpha value is 1.13. The van der Waals surface area contributed by atoms with Crippen molar-refractivity contribution in [2.75, 3.05) is 5.75 Å². The minimum absolute atomic E-state index is 0.289. The third kappa shape index (κ3) is 1.70. The molecule has 0 aromatic heterocycles. The number of fused-ring (bicyclic) bond motifs is 2. The van der Waals surface area contributed by atoms with E-state index in [9.17, 15) is 0 Å². The Morgan fingerprint density at radius 1 is 1.53 bits per heavy atom. The molecular weight excluding hydrogens is 243 g/mol. The van der Waals surface area contributed by atoms with Crippen molar-refractivity contribution in [3.05, 3.63) is 0 Å². The highest BCUT2D eigenvalue weighted by Gasteiger charge is 2.62. The summed E-state index contributed by atoms with van der Waals surface area (Å²) in [4.78, 5) is 0. The molecule has 0 heterocycles. The van der Waals surface area contributed by atoms with Gasteiger partial charge in [0.2, 0.25) is 0 Å². The second kappa shape index (κ2) is 4.11. The summed E-state index contributed by atoms with van der Waals surface area (Å²) in [6.45, 7) is 4.79. The molecule has 4 heteroatoms. The fraction of sp³-hybridized carbons (Fsp3) is 1.00. The maximum Gasteiger partial charge on any atom is 0.259 e. The molecule has 0 aromatic rings. The van der Waals surface area contributed by atoms with E-state index < -0.39 is 13.6 Å². The van der Waals surface area contributed by atoms with E-state index in [4.69, 9.17) is 13.8 Å². The predicted octanol–water partition coefficient (Wildman–Crippen LogP) is 3.48. The van der Waals surface area contributed by atoms with Crippen molar-refractivity contribution in [2.45, 2.75) is 45.0 Å². The van der Waals surface area contributed by atoms with Crippen LogP contribution in [0.15, 0.2) is 0 Å². The number of hydrogen-bond donors (Lipinski definition) is 1. The maximum atomic E-state index is 6.10. The smallest absolute Gasteiger partial charge is 0.259 e. The second-order valence-electron chi connectivity index (χ2n) is 5.67. The lowest BCUT2D eigenvalue weighted by atomic mass is 9.70. The molecule has 0 aromatic carbocycles. The molecule has 0 aliphatic heterocycles. The maximum absolute atomic E-state index is 6.10. The van der Waals surface area contributed by atoms with Crippen LogP contribution >= 0.6 is 22.7 Å². The monoisotopic (exact) mass is 262 g/mol. The van der Waals surface area contributed by atoms with E-state index in [0.29, 0.717) is 11.5 Å². The lowest BCUT2D eigenvalue weighted by Gasteiger charge is -2.45. The zero-order valence-corrected chi connectivity index (χ0v) is 12.6. The second-order valence-corrected chi connectivity index (χ2v) is 9.19. The highest BCUT2D eigenvalue weighted by atomic mass is 35.6. The highest BCUT2D eigenvalue weighted by Crippen LogP contribution is 2.66. The first-order chi connectivity index (χ1) is 6.94. The van der Waals surface area contributed by atoms with Crippen molar-refractivity contribution < 1.29 is 3.79 Å². The summed E-state index contributed by atoms with van der Waals surface area (Å²) in [5, 5.41) is 0. The number of thiol groups is 1. The number of hydrogen-bond acceptors (Lipinski definition) is 2. The van der Waals surface area contributed by atoms with Crippen LogP contribution in [0.2, 0.25) is 5.79 Å². The van der Waals surface area contributed by atoms with Crippen LogP contribution in [0.3, 0.4) is 0 Å². The van der Waals surface area contributed by atoms with Gasteiger partial charge in [-0.3, -0.25) is 0 Å². The Morgan fingerprint density at radius 3 is 2.67 bits per heavy atom. The zero-order valence-electron chi connectivity index (χ0n) is 9.79. The van der Waals surface area contributed by atoms with E-state index in [-0.39, 0.29) is 5.41 Å². The zero-order chi connectivity index (χ0) is 11.3. The van der Waals surface area contributed by atoms with Gasteiger partial charge in [-0.15, -0.1) is 0 Å². The normalized spacial score (nSPS) is 42.8. The van der Waals surface area contributed by atoms with Crippen LogP contribution in [0.1, 0.15) is 33.1 Å². The molecule has 2 rings (SSSR count). The average Bonchev–Trinajstić information content (AvgIpc) is 2.50. The summed E-state index contributed by atoms with van der Waals surface area (Å²) >= 11 is 3.16. The van der Waals surface area contributed by atoms with E-state index in [2.05, 4.69) is 26.5 Å². The summed E-state index contributed by atoms with van der Waals surface area (Å²) in [5.41, 5.74) is 0.677. The van der Waals surface area contributed by atoms with Gasteiger partial charge in [0.15, 0.2) is 0 Å². The lowest BCUT2D eigenvalue weighted by Crippen LogP contribution is -2.43. The van der Waals surface area contributed by atoms with Gasteiger partial charge in [-0.1, -0.05) is 13.8 Å². The van der Waals surface area contributed by atoms with Gasteiger partial charge in [-0.25, -0.2) is 0 Å². The fourth-order valence-electron chi connectivity index (χ4n) is 3.79. The minimum Gasteiger partial charge on any atom is -0.664 e. The third-order valence-electron chi connectivity index (χ3n) is 4.99. The van der Waals surface area contributed by atoms with Gasteiger partial charge in [0.25, 0.3) is 13.6 Å². The van der Waals surface area contributed by atoms with E-state index in [1.807, 2.05) is 5.79 Å². The molecule has 2 aliphatic carbocycles. The Balaban J connectivity index is 2.24. The first kappa shape index (κ1) is 12.6. The van der Waals surface area contributed by atoms with Crippen LogP contribution < -0.4 is 0 Å². The molecule has 87 valence electrons. The van der Waals surface area contributed by atoms with Gasteiger partial charge in [-0.05, 0) is 36.3 Å². The van der Waals surface area contributed by atoms with E-state index in [1.165, 1.54) is 19.3 Å². The predicted molar refractivity (Wildman–Crippen MR) is 69.8 cm³/mol. The van der Waals surface area contributed by atoms with Crippen molar-refractivity contribution in [3.63, 3.8) is 0 Å². The molecule has 2 fully saturated rings. The summed E-state index contributed by atoms with van der Waals surface area (Å²) in [6.07, 6.45) is 4.21. The minimum atomic E-state index is -1.43. The molecule has 2 aliphatic rings. The summed E-state index contributed by atoms with van der Waals surface area (Å²) in [6, 6.07) is 0. The van der Waals surface area contributed by atoms with Crippen LogP contribution in [0, 0.1) is 16.7 Å². The lowest BCUT2D eigenvalue weighted by molar-refractivity contribution is 0.0361. The Bertz CT molecular complexity index is 259. The highest BCUT2D eigenvalue weighted by molar-refractivity contribution is 7.80. The van der Waals surface area contributed by atoms with Gasteiger partial charge in [-0.2, -0.15) is 18.4 Å². The molecule has 1 radical (unpaired) electrons. The molecule has 0 amide bonds. The molecular formula is C11H20AlClOS-. The van der Waals surface area contributed by atoms with Gasteiger partial charge in [0, 0.05) is 11.5 Å². The van der Waals surface area contributed by atoms with Gasteiger partial charge >= 0.3 is 0 Å². The largest absolute Gasteiger partial charge is 0.664 e. The van der Waals surface area contributed by atoms with Crippen molar-refractivity contribution in [2.24, 2.45) is 16.7 Å². The summed E-state index contributed by atoms with van der Waals surface area (Å²) in [7, 11) is 6.10. The SMILES string of the molecule is [CH3][Al-]([Cl])[O]C1CC2CCC1(CS)C2(C)C. The fourth-order valence-corrected chi connectivity index (χ4v) is 5.76. The van der Waals surface area contributed by atoms with Gasteiger partial charge in [0.1, 0.15) is 0 Å². The Morgan fingerprint density at radius 2 is 2.20 bits per heavy atom. The van der Waals surface area contributed by atoms with Crippen molar-refractivity contribution in [1.29, 1.82) is 0 Å². The molecule has 15 heavy (non-hydrogen) atoms. The topological polar surface area (TPSA) is 9.23 Å². The van der Waals surface area contributed by atoms with Crippen molar-refractivity contribution in [3.8, 4) is 0 Å². The summed E-state index contributed by atoms with van der Waals surface area (Å²) in [5.74, 6) is 3.81. The Labute approximate surface area is 107 Å². The molecule has 3 unspecified atom stereocenters. The molecule has 0 N–H and O–H groups in total. The Kier molecular flexibility index (Phi) is 3.44. The molecule has 2 bridgehead atoms. The third-order valence-corrected chi connectivity index (χ3v) is 6.57. The molecule has 3 atom stereocenters. The van der Waals surface area contributed by atoms with E-state index in [1.54, 1.807) is 0 Å². The first-order valence-corrected chi connectivity index (χ1v) is 9.85. The molecule has 2 saturated carbocycles. The van der Waals surface area contributed by atoms with Gasteiger partial charge < -0.3 is 13.8 Å². The van der Waals surface area contributed by atoms with Crippen LogP contribution in [0.5, 0.6) is 0 Å². The first-order valence-electron chi connectivity index (χ1n) is 5.84. The van der Waals surface area contributed by atoms with Crippen LogP contribution in [-0.4, -0.2) is 25.4 Å². The standard InChI is InChI=1S/C10H17OS.CH3.Al.ClH/c1-9(2)7-3-4-10(9,6-12)8(11)5-7;;;/h7-8,12H,3-6H2,1-2H3;1H3;;1H/q-1;;+1;/p-1. The molecule has 1 nitrogen and oxygen atoms in total. The molecule has 0 saturated heterocycles. The molecule has 0 spiro atoms. The van der Waals surface area contributed by atoms with Crippen molar-refractivity contribution >= 4 is 36.2 Å². The van der Waals surface area contributed by atoms with E-state index in [0.717, 1.165) is 11.7 Å². The quantitative estimate of drug-likeness (QED) is 0.605. The average molecular weight is 263 g/mol. The van der Waals surface area contributed by atoms with Gasteiger partial charge in [0.05, 0.1) is 0 Å². The number of halogens is 1. The van der Waals surface area contributed by atoms with Crippen LogP contribution in [0.25, 0.3) is 0 Å². The summed E-state index contributed by atoms with van der Waals surface area (Å²) < 4.78 is 6.03. The van der Waals surface area contributed by atoms with Crippen LogP contribution in [-0.2, 0) is 3.79 Å². The van der Waals surface area contributed by atoms with E-state index >= 15 is 0 Å².